The minimum absolute atomic E-state index is 0.476. The summed E-state index contributed by atoms with van der Waals surface area (Å²) in [5.41, 5.74) is 9.64. The summed E-state index contributed by atoms with van der Waals surface area (Å²) in [5, 5.41) is 25.5. The fourth-order valence-corrected chi connectivity index (χ4v) is 6.68. The molecule has 2 heterocycles. The maximum absolute atomic E-state index is 10.2. The third-order valence-corrected chi connectivity index (χ3v) is 8.54. The first-order valence-corrected chi connectivity index (χ1v) is 14.1. The number of benzene rings is 6. The number of fused-ring (bicyclic) bond motifs is 8. The summed E-state index contributed by atoms with van der Waals surface area (Å²) < 4.78 is 4.59. The van der Waals surface area contributed by atoms with Crippen LogP contribution < -0.4 is 0 Å². The van der Waals surface area contributed by atoms with E-state index in [0.717, 1.165) is 33.4 Å². The average molecular weight is 539 g/mol. The summed E-state index contributed by atoms with van der Waals surface area (Å²) in [6.45, 7) is 4.25. The molecule has 2 aromatic heterocycles. The monoisotopic (exact) mass is 538 g/mol. The Labute approximate surface area is 242 Å². The van der Waals surface area contributed by atoms with Crippen LogP contribution >= 0.6 is 0 Å². The van der Waals surface area contributed by atoms with Crippen molar-refractivity contribution in [1.82, 2.24) is 9.13 Å². The van der Waals surface area contributed by atoms with Crippen LogP contribution in [-0.4, -0.2) is 15.3 Å². The Kier molecular flexibility index (Phi) is 5.13. The Balaban J connectivity index is 1.60. The highest BCUT2D eigenvalue weighted by Gasteiger charge is 2.22. The first-order valence-electron chi connectivity index (χ1n) is 14.1. The maximum Gasteiger partial charge on any atom is 0.0999 e. The van der Waals surface area contributed by atoms with Gasteiger partial charge in [-0.1, -0.05) is 71.8 Å². The zero-order valence-corrected chi connectivity index (χ0v) is 23.3. The largest absolute Gasteiger partial charge is 0.308 e. The molecule has 0 saturated carbocycles. The normalized spacial score (nSPS) is 11.6. The lowest BCUT2D eigenvalue weighted by Gasteiger charge is -2.18. The molecule has 42 heavy (non-hydrogen) atoms. The van der Waals surface area contributed by atoms with E-state index in [1.807, 2.05) is 12.1 Å². The molecule has 0 saturated heterocycles. The van der Waals surface area contributed by atoms with Gasteiger partial charge in [0.25, 0.3) is 0 Å². The van der Waals surface area contributed by atoms with Crippen molar-refractivity contribution in [2.75, 3.05) is 0 Å². The number of nitrogens with one attached hydrogen (secondary N) is 1. The summed E-state index contributed by atoms with van der Waals surface area (Å²) in [5.74, 6) is 0. The second-order valence-electron chi connectivity index (χ2n) is 11.1. The van der Waals surface area contributed by atoms with Crippen molar-refractivity contribution in [2.24, 2.45) is 0 Å². The van der Waals surface area contributed by atoms with E-state index in [0.29, 0.717) is 11.1 Å². The number of nitrogens with zero attached hydrogens (tertiary/aromatic N) is 3. The molecule has 4 heteroatoms. The molecule has 0 aliphatic carbocycles. The molecule has 198 valence electrons. The summed E-state index contributed by atoms with van der Waals surface area (Å²) in [6.07, 6.45) is 1.29. The van der Waals surface area contributed by atoms with Crippen LogP contribution in [0.5, 0.6) is 0 Å². The molecule has 6 aromatic carbocycles. The van der Waals surface area contributed by atoms with Gasteiger partial charge in [0.05, 0.1) is 45.1 Å². The molecule has 0 unspecified atom stereocenters. The molecular formula is C38H26N4. The van der Waals surface area contributed by atoms with Crippen LogP contribution in [0.25, 0.3) is 65.8 Å². The van der Waals surface area contributed by atoms with Crippen molar-refractivity contribution in [2.45, 2.75) is 13.8 Å². The van der Waals surface area contributed by atoms with Crippen molar-refractivity contribution < 1.29 is 0 Å². The summed E-state index contributed by atoms with van der Waals surface area (Å²) in [6, 6.07) is 40.9. The Bertz CT molecular complexity index is 2410. The molecule has 0 bridgehead atoms. The van der Waals surface area contributed by atoms with Crippen molar-refractivity contribution in [3.05, 3.63) is 131 Å². The fraction of sp³-hybridized carbons (Fsp3) is 0.0526. The van der Waals surface area contributed by atoms with E-state index in [9.17, 15) is 5.26 Å². The van der Waals surface area contributed by atoms with Crippen LogP contribution in [0.3, 0.4) is 0 Å². The van der Waals surface area contributed by atoms with Crippen LogP contribution in [0.15, 0.2) is 109 Å². The molecule has 0 amide bonds. The quantitative estimate of drug-likeness (QED) is 0.224. The van der Waals surface area contributed by atoms with Crippen LogP contribution in [-0.2, 0) is 0 Å². The molecule has 0 spiro atoms. The van der Waals surface area contributed by atoms with E-state index in [1.165, 1.54) is 49.7 Å². The first kappa shape index (κ1) is 24.2. The first-order chi connectivity index (χ1) is 20.6. The van der Waals surface area contributed by atoms with Gasteiger partial charge >= 0.3 is 0 Å². The lowest BCUT2D eigenvalue weighted by molar-refractivity contribution is 1.09. The van der Waals surface area contributed by atoms with Crippen molar-refractivity contribution in [1.29, 1.82) is 10.7 Å². The molecule has 0 aliphatic rings. The number of para-hydroxylation sites is 1. The van der Waals surface area contributed by atoms with E-state index in [4.69, 9.17) is 5.41 Å². The minimum Gasteiger partial charge on any atom is -0.308 e. The molecule has 0 radical (unpaired) electrons. The molecular weight excluding hydrogens is 512 g/mol. The molecule has 0 fully saturated rings. The molecule has 0 atom stereocenters. The van der Waals surface area contributed by atoms with E-state index < -0.39 is 0 Å². The third kappa shape index (κ3) is 3.31. The van der Waals surface area contributed by atoms with Crippen molar-refractivity contribution >= 4 is 60.6 Å². The number of hydrogen-bond donors (Lipinski definition) is 1. The number of aromatic nitrogens is 2. The number of nitriles is 1. The number of hydrogen-bond acceptors (Lipinski definition) is 2. The third-order valence-electron chi connectivity index (χ3n) is 8.54. The molecule has 8 aromatic rings. The van der Waals surface area contributed by atoms with Gasteiger partial charge in [0.2, 0.25) is 0 Å². The van der Waals surface area contributed by atoms with Crippen LogP contribution in [0.1, 0.15) is 22.3 Å². The summed E-state index contributed by atoms with van der Waals surface area (Å²) in [7, 11) is 0. The summed E-state index contributed by atoms with van der Waals surface area (Å²) in [4.78, 5) is 0. The zero-order valence-electron chi connectivity index (χ0n) is 23.3. The fourth-order valence-electron chi connectivity index (χ4n) is 6.68. The predicted octanol–water partition coefficient (Wildman–Crippen LogP) is 9.52. The average Bonchev–Trinajstić information content (AvgIpc) is 3.52. The minimum atomic E-state index is 0.476. The van der Waals surface area contributed by atoms with Crippen LogP contribution in [0.4, 0.5) is 0 Å². The molecule has 4 nitrogen and oxygen atoms in total. The zero-order chi connectivity index (χ0) is 28.5. The van der Waals surface area contributed by atoms with E-state index in [-0.39, 0.29) is 0 Å². The summed E-state index contributed by atoms with van der Waals surface area (Å²) >= 11 is 0. The smallest absolute Gasteiger partial charge is 0.0999 e. The van der Waals surface area contributed by atoms with E-state index in [2.05, 4.69) is 126 Å². The maximum atomic E-state index is 10.2. The second-order valence-corrected chi connectivity index (χ2v) is 11.1. The number of aryl methyl sites for hydroxylation is 2. The SMILES string of the molecule is Cc1ccc2c(c1)c1cc(C)ccc1n2-c1cc(C#N)c(C=N)cc1-n1c2ccccc2c2c3ccccc3ccc21. The van der Waals surface area contributed by atoms with Crippen molar-refractivity contribution in [3.63, 3.8) is 0 Å². The molecule has 0 aliphatic heterocycles. The lowest BCUT2D eigenvalue weighted by atomic mass is 10.0. The standard InChI is InChI=1S/C38H26N4/c1-23-11-14-33-30(17-23)31-18-24(2)12-15-34(31)41(33)36-19-26(21-39)27(22-40)20-37(36)42-32-10-6-5-9-29(32)38-28-8-4-3-7-25(28)13-16-35(38)42/h3-20,22,40H,1-2H3. The van der Waals surface area contributed by atoms with Gasteiger partial charge in [0, 0.05) is 33.3 Å². The van der Waals surface area contributed by atoms with Gasteiger partial charge in [0.1, 0.15) is 0 Å². The highest BCUT2D eigenvalue weighted by atomic mass is 15.1. The van der Waals surface area contributed by atoms with Gasteiger partial charge in [-0.15, -0.1) is 0 Å². The topological polar surface area (TPSA) is 57.5 Å². The van der Waals surface area contributed by atoms with Crippen molar-refractivity contribution in [3.8, 4) is 17.4 Å². The van der Waals surface area contributed by atoms with Gasteiger partial charge in [-0.25, -0.2) is 0 Å². The van der Waals surface area contributed by atoms with Gasteiger partial charge in [-0.3, -0.25) is 0 Å². The second kappa shape index (κ2) is 8.92. The Morgan fingerprint density at radius 3 is 1.86 bits per heavy atom. The Morgan fingerprint density at radius 2 is 1.17 bits per heavy atom. The molecule has 8 rings (SSSR count). The predicted molar refractivity (Wildman–Crippen MR) is 175 cm³/mol. The highest BCUT2D eigenvalue weighted by Crippen LogP contribution is 2.41. The highest BCUT2D eigenvalue weighted by molar-refractivity contribution is 6.21. The Hall–Kier alpha value is -5.66. The van der Waals surface area contributed by atoms with E-state index >= 15 is 0 Å². The van der Waals surface area contributed by atoms with Gasteiger partial charge in [-0.2, -0.15) is 5.26 Å². The Morgan fingerprint density at radius 1 is 0.595 bits per heavy atom. The van der Waals surface area contributed by atoms with Crippen LogP contribution in [0.2, 0.25) is 0 Å². The number of rotatable bonds is 3. The lowest BCUT2D eigenvalue weighted by Crippen LogP contribution is -2.06. The van der Waals surface area contributed by atoms with E-state index in [1.54, 1.807) is 0 Å². The van der Waals surface area contributed by atoms with Gasteiger partial charge < -0.3 is 14.5 Å². The van der Waals surface area contributed by atoms with Crippen LogP contribution in [0, 0.1) is 30.6 Å². The van der Waals surface area contributed by atoms with Gasteiger partial charge in [0.15, 0.2) is 0 Å². The van der Waals surface area contributed by atoms with Gasteiger partial charge in [-0.05, 0) is 73.2 Å². The molecule has 1 N–H and O–H groups in total.